The highest BCUT2D eigenvalue weighted by atomic mass is 32.1. The minimum atomic E-state index is -0.730. The number of rotatable bonds is 6. The summed E-state index contributed by atoms with van der Waals surface area (Å²) in [4.78, 5) is 26.9. The van der Waals surface area contributed by atoms with Crippen molar-refractivity contribution in [2.75, 3.05) is 6.54 Å². The van der Waals surface area contributed by atoms with Gasteiger partial charge in [0.25, 0.3) is 0 Å². The Balaban J connectivity index is 0.00000392. The van der Waals surface area contributed by atoms with Crippen molar-refractivity contribution in [3.05, 3.63) is 41.5 Å². The van der Waals surface area contributed by atoms with Gasteiger partial charge in [0.2, 0.25) is 11.8 Å². The lowest BCUT2D eigenvalue weighted by Crippen LogP contribution is -2.61. The first-order valence-corrected chi connectivity index (χ1v) is 9.42. The van der Waals surface area contributed by atoms with E-state index in [-0.39, 0.29) is 50.4 Å². The molecule has 1 aromatic rings. The molecule has 1 saturated heterocycles. The molecule has 1 N–H and O–H groups in total. The molecule has 0 spiro atoms. The molecule has 2 atom stereocenters. The van der Waals surface area contributed by atoms with Gasteiger partial charge >= 0.3 is 0 Å². The fourth-order valence-electron chi connectivity index (χ4n) is 3.40. The molecule has 0 aromatic heterocycles. The van der Waals surface area contributed by atoms with Gasteiger partial charge in [0.05, 0.1) is 0 Å². The summed E-state index contributed by atoms with van der Waals surface area (Å²) in [5.41, 5.74) is -0.258. The van der Waals surface area contributed by atoms with Crippen LogP contribution in [0.3, 0.4) is 0 Å². The quantitative estimate of drug-likeness (QED) is 0.672. The average molecular weight is 447 g/mol. The second kappa shape index (κ2) is 12.2. The third-order valence-electron chi connectivity index (χ3n) is 4.57. The number of piperazine rings is 1. The van der Waals surface area contributed by atoms with Crippen LogP contribution in [0.2, 0.25) is 0 Å². The molecule has 1 aliphatic rings. The van der Waals surface area contributed by atoms with Gasteiger partial charge in [-0.3, -0.25) is 9.59 Å². The monoisotopic (exact) mass is 446 g/mol. The number of nitrogens with one attached hydrogen (secondary N) is 1. The van der Waals surface area contributed by atoms with Crippen LogP contribution in [0.4, 0.5) is 8.78 Å². The summed E-state index contributed by atoms with van der Waals surface area (Å²) in [6.45, 7) is 8.48. The van der Waals surface area contributed by atoms with E-state index in [9.17, 15) is 18.4 Å². The lowest BCUT2D eigenvalue weighted by Gasteiger charge is -2.40. The summed E-state index contributed by atoms with van der Waals surface area (Å²) < 4.78 is 27.6. The smallest absolute Gasteiger partial charge is 0.247 e. The van der Waals surface area contributed by atoms with Crippen LogP contribution in [0.25, 0.3) is 6.08 Å². The van der Waals surface area contributed by atoms with Crippen LogP contribution in [0, 0.1) is 23.5 Å². The normalized spacial score (nSPS) is 19.2. The largest absolute Gasteiger partial charge is 0.350 e. The highest BCUT2D eigenvalue weighted by Crippen LogP contribution is 2.21. The summed E-state index contributed by atoms with van der Waals surface area (Å²) in [7, 11) is 0. The Hall–Kier alpha value is -1.54. The van der Waals surface area contributed by atoms with Gasteiger partial charge in [0.15, 0.2) is 0 Å². The first-order valence-electron chi connectivity index (χ1n) is 9.42. The van der Waals surface area contributed by atoms with E-state index >= 15 is 0 Å². The second-order valence-electron chi connectivity index (χ2n) is 7.94. The van der Waals surface area contributed by atoms with Crippen molar-refractivity contribution in [3.8, 4) is 0 Å². The predicted molar refractivity (Wildman–Crippen MR) is 122 cm³/mol. The Morgan fingerprint density at radius 3 is 2.21 bits per heavy atom. The number of halogens is 2. The summed E-state index contributed by atoms with van der Waals surface area (Å²) in [5.74, 6) is -1.44. The van der Waals surface area contributed by atoms with E-state index < -0.39 is 23.6 Å². The van der Waals surface area contributed by atoms with Crippen LogP contribution >= 0.6 is 27.0 Å². The van der Waals surface area contributed by atoms with Crippen molar-refractivity contribution in [1.29, 1.82) is 0 Å². The topological polar surface area (TPSA) is 49.4 Å². The Labute approximate surface area is 186 Å². The fraction of sp³-hybridized carbons (Fsp3) is 0.524. The maximum absolute atomic E-state index is 13.8. The molecule has 29 heavy (non-hydrogen) atoms. The fourth-order valence-corrected chi connectivity index (χ4v) is 3.40. The molecule has 1 aromatic carbocycles. The highest BCUT2D eigenvalue weighted by Gasteiger charge is 2.36. The third-order valence-corrected chi connectivity index (χ3v) is 4.57. The van der Waals surface area contributed by atoms with Gasteiger partial charge in [-0.15, -0.1) is 0 Å². The van der Waals surface area contributed by atoms with Crippen LogP contribution in [-0.4, -0.2) is 35.3 Å². The van der Waals surface area contributed by atoms with Crippen LogP contribution in [0.5, 0.6) is 0 Å². The minimum Gasteiger partial charge on any atom is -0.350 e. The van der Waals surface area contributed by atoms with Crippen molar-refractivity contribution in [3.63, 3.8) is 0 Å². The zero-order valence-corrected chi connectivity index (χ0v) is 19.3. The van der Waals surface area contributed by atoms with Crippen molar-refractivity contribution in [1.82, 2.24) is 10.2 Å². The van der Waals surface area contributed by atoms with Gasteiger partial charge in [-0.25, -0.2) is 8.78 Å². The minimum absolute atomic E-state index is 0. The maximum Gasteiger partial charge on any atom is 0.247 e. The predicted octanol–water partition coefficient (Wildman–Crippen LogP) is 3.99. The Kier molecular flexibility index (Phi) is 11.6. The zero-order chi connectivity index (χ0) is 20.1. The number of carbonyl (C=O) groups is 2. The van der Waals surface area contributed by atoms with Crippen molar-refractivity contribution < 1.29 is 18.4 Å². The van der Waals surface area contributed by atoms with E-state index in [0.29, 0.717) is 18.9 Å². The van der Waals surface area contributed by atoms with E-state index in [1.807, 2.05) is 13.8 Å². The van der Waals surface area contributed by atoms with Gasteiger partial charge in [-0.05, 0) is 42.9 Å². The highest BCUT2D eigenvalue weighted by molar-refractivity contribution is 7.59. The van der Waals surface area contributed by atoms with Crippen LogP contribution in [0.1, 0.15) is 46.1 Å². The molecular formula is C21H32F2N2O2S2. The summed E-state index contributed by atoms with van der Waals surface area (Å²) in [6.07, 6.45) is 3.59. The van der Waals surface area contributed by atoms with E-state index in [4.69, 9.17) is 0 Å². The second-order valence-corrected chi connectivity index (χ2v) is 7.94. The molecule has 1 fully saturated rings. The molecule has 2 rings (SSSR count). The molecule has 1 heterocycles. The van der Waals surface area contributed by atoms with E-state index in [1.54, 1.807) is 0 Å². The van der Waals surface area contributed by atoms with Gasteiger partial charge in [0, 0.05) is 24.2 Å². The summed E-state index contributed by atoms with van der Waals surface area (Å²) in [6, 6.07) is 2.86. The molecule has 0 aliphatic carbocycles. The van der Waals surface area contributed by atoms with E-state index in [2.05, 4.69) is 19.2 Å². The summed E-state index contributed by atoms with van der Waals surface area (Å²) in [5, 5.41) is 3.00. The lowest BCUT2D eigenvalue weighted by atomic mass is 9.95. The number of hydrogen-bond acceptors (Lipinski definition) is 2. The SMILES string of the molecule is CC(C)C[C@H]1CN(C(=O)/C=C/c2c(F)cccc2F)[C@@H](CC(C)C)C(=O)N1.S.S. The third kappa shape index (κ3) is 7.66. The molecule has 4 nitrogen and oxygen atoms in total. The number of carbonyl (C=O) groups excluding carboxylic acids is 2. The van der Waals surface area contributed by atoms with E-state index in [0.717, 1.165) is 30.7 Å². The molecule has 8 heteroatoms. The molecule has 2 amide bonds. The molecule has 164 valence electrons. The molecule has 0 radical (unpaired) electrons. The number of nitrogens with zero attached hydrogens (tertiary/aromatic N) is 1. The number of hydrogen-bond donors (Lipinski definition) is 1. The van der Waals surface area contributed by atoms with Crippen LogP contribution in [-0.2, 0) is 9.59 Å². The first-order chi connectivity index (χ1) is 12.7. The van der Waals surface area contributed by atoms with E-state index in [1.165, 1.54) is 11.0 Å². The number of benzene rings is 1. The van der Waals surface area contributed by atoms with Crippen molar-refractivity contribution >= 4 is 44.9 Å². The van der Waals surface area contributed by atoms with Crippen molar-refractivity contribution in [2.45, 2.75) is 52.6 Å². The van der Waals surface area contributed by atoms with Gasteiger partial charge < -0.3 is 10.2 Å². The first kappa shape index (κ1) is 27.5. The maximum atomic E-state index is 13.8. The Bertz CT molecular complexity index is 706. The van der Waals surface area contributed by atoms with Gasteiger partial charge in [-0.2, -0.15) is 27.0 Å². The van der Waals surface area contributed by atoms with Gasteiger partial charge in [0.1, 0.15) is 17.7 Å². The standard InChI is InChI=1S/C21H28F2N2O2.2H2S/c1-13(2)10-15-12-25(19(11-14(3)4)21(27)24-15)20(26)9-8-16-17(22)6-5-7-18(16)23;;/h5-9,13-15,19H,10-12H2,1-4H3,(H,24,27);2*1H2/b9-8+;;/t15-,19-;;/m0../s1. The summed E-state index contributed by atoms with van der Waals surface area (Å²) >= 11 is 0. The molecule has 0 saturated carbocycles. The molecule has 0 bridgehead atoms. The Morgan fingerprint density at radius 2 is 1.69 bits per heavy atom. The van der Waals surface area contributed by atoms with Crippen molar-refractivity contribution in [2.24, 2.45) is 11.8 Å². The van der Waals surface area contributed by atoms with Crippen LogP contribution in [0.15, 0.2) is 24.3 Å². The van der Waals surface area contributed by atoms with Crippen LogP contribution < -0.4 is 5.32 Å². The lowest BCUT2D eigenvalue weighted by molar-refractivity contribution is -0.142. The Morgan fingerprint density at radius 1 is 1.14 bits per heavy atom. The van der Waals surface area contributed by atoms with Gasteiger partial charge in [-0.1, -0.05) is 33.8 Å². The molecular weight excluding hydrogens is 414 g/mol. The zero-order valence-electron chi connectivity index (χ0n) is 17.3. The number of amides is 2. The molecule has 1 aliphatic heterocycles. The molecule has 0 unspecified atom stereocenters. The average Bonchev–Trinajstić information content (AvgIpc) is 2.55.